The highest BCUT2D eigenvalue weighted by atomic mass is 16.6. The first kappa shape index (κ1) is 20.8. The van der Waals surface area contributed by atoms with Crippen LogP contribution in [0.4, 0.5) is 9.59 Å². The van der Waals surface area contributed by atoms with Gasteiger partial charge in [-0.25, -0.2) is 9.59 Å². The van der Waals surface area contributed by atoms with Gasteiger partial charge in [-0.2, -0.15) is 0 Å². The van der Waals surface area contributed by atoms with Crippen LogP contribution in [0.15, 0.2) is 0 Å². The smallest absolute Gasteiger partial charge is 0.412 e. The van der Waals surface area contributed by atoms with Crippen molar-refractivity contribution in [3.05, 3.63) is 0 Å². The molecular formula is C18H34N4O4. The van der Waals surface area contributed by atoms with Gasteiger partial charge >= 0.3 is 12.2 Å². The van der Waals surface area contributed by atoms with E-state index in [0.717, 1.165) is 25.9 Å². The standard InChI is InChI=1S/C18H34N4O4/c1-17(2,3)25-15(23)21-11-7-10-20(13-21)14-8-9-19-12-22(14)16(24)26-18(4,5)6/h14,19H,7-13H2,1-6H3. The van der Waals surface area contributed by atoms with Crippen LogP contribution in [-0.2, 0) is 9.47 Å². The normalized spacial score (nSPS) is 22.9. The summed E-state index contributed by atoms with van der Waals surface area (Å²) in [5, 5.41) is 3.23. The molecule has 2 fully saturated rings. The van der Waals surface area contributed by atoms with Crippen molar-refractivity contribution in [1.29, 1.82) is 0 Å². The molecule has 0 saturated carbocycles. The van der Waals surface area contributed by atoms with Crippen LogP contribution in [0.3, 0.4) is 0 Å². The maximum Gasteiger partial charge on any atom is 0.412 e. The molecule has 0 aliphatic carbocycles. The Balaban J connectivity index is 2.04. The lowest BCUT2D eigenvalue weighted by Crippen LogP contribution is -2.62. The van der Waals surface area contributed by atoms with E-state index in [0.29, 0.717) is 19.9 Å². The van der Waals surface area contributed by atoms with Crippen molar-refractivity contribution in [3.63, 3.8) is 0 Å². The fourth-order valence-electron chi connectivity index (χ4n) is 3.12. The minimum atomic E-state index is -0.538. The van der Waals surface area contributed by atoms with Gasteiger partial charge in [0.05, 0.1) is 19.5 Å². The van der Waals surface area contributed by atoms with E-state index in [4.69, 9.17) is 9.47 Å². The molecule has 2 amide bonds. The zero-order valence-corrected chi connectivity index (χ0v) is 17.0. The fraction of sp³-hybridized carbons (Fsp3) is 0.889. The van der Waals surface area contributed by atoms with Gasteiger partial charge in [-0.15, -0.1) is 0 Å². The average molecular weight is 370 g/mol. The summed E-state index contributed by atoms with van der Waals surface area (Å²) in [6.07, 6.45) is 0.924. The second-order valence-corrected chi connectivity index (χ2v) is 8.93. The Labute approximate surface area is 156 Å². The maximum atomic E-state index is 12.6. The number of amides is 2. The quantitative estimate of drug-likeness (QED) is 0.764. The first-order chi connectivity index (χ1) is 12.0. The van der Waals surface area contributed by atoms with Gasteiger partial charge in [0.2, 0.25) is 0 Å². The van der Waals surface area contributed by atoms with Gasteiger partial charge in [0.25, 0.3) is 0 Å². The summed E-state index contributed by atoms with van der Waals surface area (Å²) < 4.78 is 11.0. The lowest BCUT2D eigenvalue weighted by molar-refractivity contribution is -0.0564. The lowest BCUT2D eigenvalue weighted by atomic mass is 10.2. The van der Waals surface area contributed by atoms with Crippen LogP contribution in [0.2, 0.25) is 0 Å². The molecule has 26 heavy (non-hydrogen) atoms. The van der Waals surface area contributed by atoms with Crippen molar-refractivity contribution in [3.8, 4) is 0 Å². The molecule has 2 heterocycles. The molecule has 8 nitrogen and oxygen atoms in total. The molecule has 8 heteroatoms. The Bertz CT molecular complexity index is 512. The van der Waals surface area contributed by atoms with Gasteiger partial charge in [-0.3, -0.25) is 20.0 Å². The van der Waals surface area contributed by atoms with Crippen LogP contribution in [0.5, 0.6) is 0 Å². The van der Waals surface area contributed by atoms with Crippen LogP contribution < -0.4 is 5.32 Å². The molecule has 0 bridgehead atoms. The van der Waals surface area contributed by atoms with E-state index in [2.05, 4.69) is 10.2 Å². The van der Waals surface area contributed by atoms with Crippen molar-refractivity contribution in [2.45, 2.75) is 71.8 Å². The number of hydrogen-bond acceptors (Lipinski definition) is 6. The molecule has 0 aromatic carbocycles. The van der Waals surface area contributed by atoms with Gasteiger partial charge in [0.15, 0.2) is 0 Å². The lowest BCUT2D eigenvalue weighted by Gasteiger charge is -2.46. The van der Waals surface area contributed by atoms with Gasteiger partial charge < -0.3 is 9.47 Å². The van der Waals surface area contributed by atoms with Crippen LogP contribution in [0.25, 0.3) is 0 Å². The summed E-state index contributed by atoms with van der Waals surface area (Å²) in [6.45, 7) is 14.4. The van der Waals surface area contributed by atoms with Gasteiger partial charge in [-0.1, -0.05) is 0 Å². The third-order valence-corrected chi connectivity index (χ3v) is 4.15. The molecular weight excluding hydrogens is 336 g/mol. The van der Waals surface area contributed by atoms with Crippen LogP contribution in [0.1, 0.15) is 54.4 Å². The molecule has 1 unspecified atom stereocenters. The van der Waals surface area contributed by atoms with Crippen LogP contribution in [0, 0.1) is 0 Å². The van der Waals surface area contributed by atoms with E-state index in [1.165, 1.54) is 0 Å². The summed E-state index contributed by atoms with van der Waals surface area (Å²) in [4.78, 5) is 30.6. The molecule has 150 valence electrons. The SMILES string of the molecule is CC(C)(C)OC(=O)N1CCCN(C2CCNCN2C(=O)OC(C)(C)C)C1. The zero-order chi connectivity index (χ0) is 19.5. The Hall–Kier alpha value is -1.54. The Morgan fingerprint density at radius 3 is 2.19 bits per heavy atom. The minimum absolute atomic E-state index is 0.0867. The summed E-state index contributed by atoms with van der Waals surface area (Å²) in [5.74, 6) is 0. The highest BCUT2D eigenvalue weighted by molar-refractivity contribution is 5.69. The molecule has 2 aliphatic rings. The summed E-state index contributed by atoms with van der Waals surface area (Å²) >= 11 is 0. The van der Waals surface area contributed by atoms with Gasteiger partial charge in [-0.05, 0) is 54.4 Å². The first-order valence-corrected chi connectivity index (χ1v) is 9.38. The van der Waals surface area contributed by atoms with Crippen molar-refractivity contribution in [1.82, 2.24) is 20.0 Å². The molecule has 2 rings (SSSR count). The van der Waals surface area contributed by atoms with Crippen LogP contribution in [-0.4, -0.2) is 77.2 Å². The summed E-state index contributed by atoms with van der Waals surface area (Å²) in [6, 6.07) is 0. The highest BCUT2D eigenvalue weighted by Crippen LogP contribution is 2.21. The average Bonchev–Trinajstić information content (AvgIpc) is 2.52. The van der Waals surface area contributed by atoms with E-state index >= 15 is 0 Å². The summed E-state index contributed by atoms with van der Waals surface area (Å²) in [5.41, 5.74) is -1.06. The fourth-order valence-corrected chi connectivity index (χ4v) is 3.12. The predicted molar refractivity (Wildman–Crippen MR) is 98.5 cm³/mol. The molecule has 1 atom stereocenters. The van der Waals surface area contributed by atoms with Crippen molar-refractivity contribution >= 4 is 12.2 Å². The van der Waals surface area contributed by atoms with E-state index in [1.807, 2.05) is 41.5 Å². The van der Waals surface area contributed by atoms with Crippen molar-refractivity contribution < 1.29 is 19.1 Å². The Morgan fingerprint density at radius 1 is 0.962 bits per heavy atom. The maximum absolute atomic E-state index is 12.6. The second kappa shape index (κ2) is 8.00. The zero-order valence-electron chi connectivity index (χ0n) is 17.0. The molecule has 0 radical (unpaired) electrons. The molecule has 0 aromatic heterocycles. The third kappa shape index (κ3) is 6.02. The van der Waals surface area contributed by atoms with E-state index in [9.17, 15) is 9.59 Å². The van der Waals surface area contributed by atoms with E-state index in [-0.39, 0.29) is 18.4 Å². The van der Waals surface area contributed by atoms with Gasteiger partial charge in [0.1, 0.15) is 11.2 Å². The number of nitrogens with one attached hydrogen (secondary N) is 1. The van der Waals surface area contributed by atoms with E-state index < -0.39 is 11.2 Å². The van der Waals surface area contributed by atoms with E-state index in [1.54, 1.807) is 9.80 Å². The van der Waals surface area contributed by atoms with Crippen molar-refractivity contribution in [2.75, 3.05) is 33.0 Å². The molecule has 1 N–H and O–H groups in total. The van der Waals surface area contributed by atoms with Crippen molar-refractivity contribution in [2.24, 2.45) is 0 Å². The molecule has 2 saturated heterocycles. The number of hydrogen-bond donors (Lipinski definition) is 1. The Morgan fingerprint density at radius 2 is 1.58 bits per heavy atom. The number of carbonyl (C=O) groups is 2. The van der Waals surface area contributed by atoms with Crippen LogP contribution >= 0.6 is 0 Å². The first-order valence-electron chi connectivity index (χ1n) is 9.38. The van der Waals surface area contributed by atoms with Gasteiger partial charge in [0, 0.05) is 19.6 Å². The minimum Gasteiger partial charge on any atom is -0.444 e. The number of rotatable bonds is 1. The number of nitrogens with zero attached hydrogens (tertiary/aromatic N) is 3. The topological polar surface area (TPSA) is 74.4 Å². The Kier molecular flexibility index (Phi) is 6.39. The monoisotopic (exact) mass is 370 g/mol. The number of ether oxygens (including phenoxy) is 2. The largest absolute Gasteiger partial charge is 0.444 e. The summed E-state index contributed by atoms with van der Waals surface area (Å²) in [7, 11) is 0. The number of carbonyl (C=O) groups excluding carboxylic acids is 2. The molecule has 0 aromatic rings. The predicted octanol–water partition coefficient (Wildman–Crippen LogP) is 2.40. The highest BCUT2D eigenvalue weighted by Gasteiger charge is 2.37. The third-order valence-electron chi connectivity index (χ3n) is 4.15. The molecule has 2 aliphatic heterocycles. The molecule has 0 spiro atoms. The second-order valence-electron chi connectivity index (χ2n) is 8.93.